The fourth-order valence-electron chi connectivity index (χ4n) is 6.00. The van der Waals surface area contributed by atoms with Gasteiger partial charge in [-0.25, -0.2) is 4.39 Å². The number of hydrogen-bond donors (Lipinski definition) is 3. The number of nitriles is 1. The summed E-state index contributed by atoms with van der Waals surface area (Å²) in [5.74, 6) is -2.28. The van der Waals surface area contributed by atoms with Crippen LogP contribution in [-0.4, -0.2) is 23.9 Å². The summed E-state index contributed by atoms with van der Waals surface area (Å²) in [6.45, 7) is 6.20. The van der Waals surface area contributed by atoms with E-state index in [1.54, 1.807) is 36.4 Å². The minimum absolute atomic E-state index is 0.0809. The molecule has 1 saturated heterocycles. The van der Waals surface area contributed by atoms with Crippen LogP contribution in [0.4, 0.5) is 15.8 Å². The van der Waals surface area contributed by atoms with Crippen LogP contribution in [0, 0.1) is 22.6 Å². The second kappa shape index (κ2) is 10.1. The summed E-state index contributed by atoms with van der Waals surface area (Å²) in [6.07, 6.45) is 0.537. The van der Waals surface area contributed by atoms with E-state index in [1.165, 1.54) is 6.07 Å². The highest BCUT2D eigenvalue weighted by molar-refractivity contribution is 9.10. The molecule has 0 radical (unpaired) electrons. The Morgan fingerprint density at radius 1 is 1.18 bits per heavy atom. The van der Waals surface area contributed by atoms with E-state index in [-0.39, 0.29) is 21.9 Å². The first-order chi connectivity index (χ1) is 18.5. The molecule has 6 nitrogen and oxygen atoms in total. The Labute approximate surface area is 240 Å². The van der Waals surface area contributed by atoms with Crippen molar-refractivity contribution in [3.63, 3.8) is 0 Å². The molecule has 2 aliphatic rings. The molecule has 2 amide bonds. The predicted molar refractivity (Wildman–Crippen MR) is 153 cm³/mol. The molecular weight excluding hydrogens is 583 g/mol. The lowest BCUT2D eigenvalue weighted by Gasteiger charge is -2.37. The molecule has 5 rings (SSSR count). The number of anilines is 2. The molecule has 39 heavy (non-hydrogen) atoms. The predicted octanol–water partition coefficient (Wildman–Crippen LogP) is 6.50. The van der Waals surface area contributed by atoms with Crippen molar-refractivity contribution in [1.82, 2.24) is 5.32 Å². The SMILES string of the molecule is CC(C)(C)CC1N[C@@H](C(=O)Nc2ccc(C#N)cc2)[C@H](c2cccc(Cl)c2F)[C@]12C(=O)Nc1cc(Br)ccc12. The van der Waals surface area contributed by atoms with Gasteiger partial charge in [0, 0.05) is 27.8 Å². The lowest BCUT2D eigenvalue weighted by molar-refractivity contribution is -0.122. The van der Waals surface area contributed by atoms with Gasteiger partial charge >= 0.3 is 0 Å². The van der Waals surface area contributed by atoms with Gasteiger partial charge in [-0.3, -0.25) is 9.59 Å². The molecular formula is C30H27BrClFN4O2. The Morgan fingerprint density at radius 3 is 2.56 bits per heavy atom. The molecule has 0 saturated carbocycles. The van der Waals surface area contributed by atoms with Crippen LogP contribution in [0.25, 0.3) is 0 Å². The monoisotopic (exact) mass is 608 g/mol. The van der Waals surface area contributed by atoms with Gasteiger partial charge in [0.15, 0.2) is 0 Å². The topological polar surface area (TPSA) is 94.0 Å². The molecule has 9 heteroatoms. The minimum atomic E-state index is -1.29. The summed E-state index contributed by atoms with van der Waals surface area (Å²) in [4.78, 5) is 28.1. The normalized spacial score (nSPS) is 23.8. The third-order valence-electron chi connectivity index (χ3n) is 7.50. The van der Waals surface area contributed by atoms with Crippen molar-refractivity contribution >= 4 is 50.7 Å². The molecule has 3 aromatic carbocycles. The molecule has 1 fully saturated rings. The first kappa shape index (κ1) is 27.3. The molecule has 1 unspecified atom stereocenters. The average molecular weight is 610 g/mol. The van der Waals surface area contributed by atoms with Crippen LogP contribution < -0.4 is 16.0 Å². The van der Waals surface area contributed by atoms with E-state index in [0.29, 0.717) is 28.9 Å². The van der Waals surface area contributed by atoms with Crippen molar-refractivity contribution in [3.8, 4) is 6.07 Å². The Hall–Kier alpha value is -3.25. The Balaban J connectivity index is 1.71. The van der Waals surface area contributed by atoms with E-state index in [2.05, 4.69) is 58.7 Å². The third kappa shape index (κ3) is 4.73. The lowest BCUT2D eigenvalue weighted by atomic mass is 9.62. The van der Waals surface area contributed by atoms with E-state index in [4.69, 9.17) is 16.9 Å². The number of carbonyl (C=O) groups is 2. The van der Waals surface area contributed by atoms with Crippen molar-refractivity contribution in [2.45, 2.75) is 50.6 Å². The van der Waals surface area contributed by atoms with E-state index >= 15 is 4.39 Å². The van der Waals surface area contributed by atoms with Gasteiger partial charge in [-0.05, 0) is 65.4 Å². The van der Waals surface area contributed by atoms with Crippen LogP contribution in [0.15, 0.2) is 65.1 Å². The smallest absolute Gasteiger partial charge is 0.242 e. The number of halogens is 3. The number of nitrogens with zero attached hydrogens (tertiary/aromatic N) is 1. The standard InChI is InChI=1S/C30H27BrClFN4O2/c1-29(2,3)14-23-30(20-12-9-17(31)13-22(20)36-28(30)39)24(19-5-4-6-21(32)25(19)33)26(37-23)27(38)35-18-10-7-16(15-34)8-11-18/h4-13,23-24,26,37H,14H2,1-3H3,(H,35,38)(H,36,39)/t23?,24-,26+,30+/m0/s1. The van der Waals surface area contributed by atoms with Gasteiger partial charge in [0.1, 0.15) is 11.2 Å². The second-order valence-corrected chi connectivity index (χ2v) is 12.6. The number of benzene rings is 3. The molecule has 0 aromatic heterocycles. The van der Waals surface area contributed by atoms with Gasteiger partial charge in [0.25, 0.3) is 0 Å². The second-order valence-electron chi connectivity index (χ2n) is 11.3. The highest BCUT2D eigenvalue weighted by atomic mass is 79.9. The highest BCUT2D eigenvalue weighted by Gasteiger charge is 2.66. The summed E-state index contributed by atoms with van der Waals surface area (Å²) in [5, 5.41) is 18.4. The zero-order chi connectivity index (χ0) is 28.1. The fourth-order valence-corrected chi connectivity index (χ4v) is 6.54. The van der Waals surface area contributed by atoms with Crippen LogP contribution in [0.2, 0.25) is 5.02 Å². The number of hydrogen-bond acceptors (Lipinski definition) is 4. The van der Waals surface area contributed by atoms with Gasteiger partial charge in [0.2, 0.25) is 11.8 Å². The largest absolute Gasteiger partial charge is 0.325 e. The number of nitrogens with one attached hydrogen (secondary N) is 3. The molecule has 1 spiro atoms. The first-order valence-electron chi connectivity index (χ1n) is 12.6. The van der Waals surface area contributed by atoms with E-state index in [9.17, 15) is 9.59 Å². The van der Waals surface area contributed by atoms with Gasteiger partial charge in [0.05, 0.1) is 22.7 Å². The van der Waals surface area contributed by atoms with Crippen molar-refractivity contribution in [1.29, 1.82) is 5.26 Å². The number of rotatable bonds is 4. The van der Waals surface area contributed by atoms with Crippen LogP contribution in [0.1, 0.15) is 49.8 Å². The van der Waals surface area contributed by atoms with Gasteiger partial charge in [-0.1, -0.05) is 66.5 Å². The minimum Gasteiger partial charge on any atom is -0.325 e. The van der Waals surface area contributed by atoms with Crippen LogP contribution in [0.3, 0.4) is 0 Å². The van der Waals surface area contributed by atoms with Crippen LogP contribution >= 0.6 is 27.5 Å². The molecule has 0 aliphatic carbocycles. The summed E-state index contributed by atoms with van der Waals surface area (Å²) >= 11 is 9.72. The van der Waals surface area contributed by atoms with Crippen molar-refractivity contribution in [2.24, 2.45) is 5.41 Å². The number of carbonyl (C=O) groups excluding carboxylic acids is 2. The lowest BCUT2D eigenvalue weighted by Crippen LogP contribution is -2.49. The Kier molecular flexibility index (Phi) is 7.04. The maximum atomic E-state index is 15.8. The fraction of sp³-hybridized carbons (Fsp3) is 0.300. The van der Waals surface area contributed by atoms with E-state index in [0.717, 1.165) is 4.47 Å². The summed E-state index contributed by atoms with van der Waals surface area (Å²) < 4.78 is 16.6. The van der Waals surface area contributed by atoms with Crippen molar-refractivity contribution in [2.75, 3.05) is 10.6 Å². The molecule has 4 atom stereocenters. The maximum Gasteiger partial charge on any atom is 0.242 e. The maximum absolute atomic E-state index is 15.8. The number of amides is 2. The molecule has 2 aliphatic heterocycles. The van der Waals surface area contributed by atoms with Crippen LogP contribution in [0.5, 0.6) is 0 Å². The van der Waals surface area contributed by atoms with Crippen molar-refractivity contribution < 1.29 is 14.0 Å². The van der Waals surface area contributed by atoms with Crippen molar-refractivity contribution in [3.05, 3.63) is 92.7 Å². The number of fused-ring (bicyclic) bond motifs is 2. The zero-order valence-corrected chi connectivity index (χ0v) is 24.0. The van der Waals surface area contributed by atoms with Crippen LogP contribution in [-0.2, 0) is 15.0 Å². The van der Waals surface area contributed by atoms with E-state index in [1.807, 2.05) is 18.2 Å². The summed E-state index contributed by atoms with van der Waals surface area (Å²) in [6, 6.07) is 17.3. The average Bonchev–Trinajstić information content (AvgIpc) is 3.35. The third-order valence-corrected chi connectivity index (χ3v) is 8.29. The highest BCUT2D eigenvalue weighted by Crippen LogP contribution is 2.57. The molecule has 3 N–H and O–H groups in total. The molecule has 3 aromatic rings. The Bertz CT molecular complexity index is 1510. The molecule has 200 valence electrons. The molecule has 0 bridgehead atoms. The summed E-state index contributed by atoms with van der Waals surface area (Å²) in [5.41, 5.74) is 0.948. The first-order valence-corrected chi connectivity index (χ1v) is 13.8. The van der Waals surface area contributed by atoms with Gasteiger partial charge in [-0.15, -0.1) is 0 Å². The quantitative estimate of drug-likeness (QED) is 0.315. The Morgan fingerprint density at radius 2 is 1.90 bits per heavy atom. The zero-order valence-electron chi connectivity index (χ0n) is 21.6. The van der Waals surface area contributed by atoms with Gasteiger partial charge in [-0.2, -0.15) is 5.26 Å². The molecule has 2 heterocycles. The summed E-state index contributed by atoms with van der Waals surface area (Å²) in [7, 11) is 0. The van der Waals surface area contributed by atoms with E-state index < -0.39 is 35.1 Å². The van der Waals surface area contributed by atoms with Gasteiger partial charge < -0.3 is 16.0 Å².